The van der Waals surface area contributed by atoms with Crippen molar-refractivity contribution in [1.29, 1.82) is 0 Å². The molecule has 0 radical (unpaired) electrons. The van der Waals surface area contributed by atoms with Gasteiger partial charge in [-0.3, -0.25) is 0 Å². The summed E-state index contributed by atoms with van der Waals surface area (Å²) >= 11 is 0. The van der Waals surface area contributed by atoms with Crippen LogP contribution >= 0.6 is 0 Å². The van der Waals surface area contributed by atoms with Crippen molar-refractivity contribution in [2.45, 2.75) is 26.4 Å². The van der Waals surface area contributed by atoms with Crippen molar-refractivity contribution in [3.05, 3.63) is 64.7 Å². The van der Waals surface area contributed by atoms with E-state index in [9.17, 15) is 4.39 Å². The predicted octanol–water partition coefficient (Wildman–Crippen LogP) is 5.08. The number of ether oxygens (including phenoxy) is 1. The maximum Gasteiger partial charge on any atom is 0.155 e. The van der Waals surface area contributed by atoms with Gasteiger partial charge in [0.2, 0.25) is 0 Å². The zero-order valence-corrected chi connectivity index (χ0v) is 13.6. The minimum absolute atomic E-state index is 0.344. The Morgan fingerprint density at radius 2 is 1.70 bits per heavy atom. The molecule has 0 bridgehead atoms. The van der Waals surface area contributed by atoms with Gasteiger partial charge in [0.1, 0.15) is 11.6 Å². The van der Waals surface area contributed by atoms with Crippen LogP contribution in [0.25, 0.3) is 5.57 Å². The number of halogens is 2. The quantitative estimate of drug-likeness (QED) is 0.835. The Labute approximate surface area is 134 Å². The van der Waals surface area contributed by atoms with Crippen LogP contribution in [0.4, 0.5) is 14.5 Å². The lowest BCUT2D eigenvalue weighted by molar-refractivity contribution is 0.117. The van der Waals surface area contributed by atoms with Crippen LogP contribution in [0.3, 0.4) is 0 Å². The Hall–Kier alpha value is -2.36. The average Bonchev–Trinajstić information content (AvgIpc) is 2.49. The SMILES string of the molecule is CNc1cc(C)c2c(c1)OC(C)(C)C(F)=C2c1ccc(F)cc1. The standard InChI is InChI=1S/C19H19F2NO/c1-11-9-14(22-4)10-15-16(11)17(18(21)19(2,3)23-15)12-5-7-13(20)8-6-12/h5-10,22H,1-4H3. The number of fused-ring (bicyclic) bond motifs is 1. The van der Waals surface area contributed by atoms with Crippen molar-refractivity contribution < 1.29 is 13.5 Å². The van der Waals surface area contributed by atoms with Crippen LogP contribution in [-0.4, -0.2) is 12.6 Å². The molecule has 4 heteroatoms. The van der Waals surface area contributed by atoms with Gasteiger partial charge in [-0.1, -0.05) is 12.1 Å². The third-order valence-electron chi connectivity index (χ3n) is 4.08. The molecule has 23 heavy (non-hydrogen) atoms. The molecule has 0 amide bonds. The molecule has 0 aliphatic carbocycles. The Bertz CT molecular complexity index is 792. The van der Waals surface area contributed by atoms with Crippen molar-refractivity contribution in [3.8, 4) is 5.75 Å². The number of benzene rings is 2. The Kier molecular flexibility index (Phi) is 3.63. The number of aryl methyl sites for hydroxylation is 1. The number of rotatable bonds is 2. The Morgan fingerprint density at radius 3 is 2.30 bits per heavy atom. The summed E-state index contributed by atoms with van der Waals surface area (Å²) in [6, 6.07) is 9.68. The van der Waals surface area contributed by atoms with Crippen molar-refractivity contribution in [2.75, 3.05) is 12.4 Å². The van der Waals surface area contributed by atoms with E-state index in [0.29, 0.717) is 22.4 Å². The molecular formula is C19H19F2NO. The van der Waals surface area contributed by atoms with E-state index in [1.807, 2.05) is 26.1 Å². The summed E-state index contributed by atoms with van der Waals surface area (Å²) in [5.74, 6) is -0.0689. The number of hydrogen-bond donors (Lipinski definition) is 1. The highest BCUT2D eigenvalue weighted by molar-refractivity contribution is 5.88. The van der Waals surface area contributed by atoms with Crippen LogP contribution in [0.1, 0.15) is 30.5 Å². The summed E-state index contributed by atoms with van der Waals surface area (Å²) in [5, 5.41) is 3.08. The maximum atomic E-state index is 15.1. The second kappa shape index (κ2) is 5.37. The number of anilines is 1. The lowest BCUT2D eigenvalue weighted by atomic mass is 9.86. The first kappa shape index (κ1) is 15.5. The van der Waals surface area contributed by atoms with Crippen LogP contribution in [0, 0.1) is 12.7 Å². The summed E-state index contributed by atoms with van der Waals surface area (Å²) in [6.07, 6.45) is 0. The molecule has 120 valence electrons. The van der Waals surface area contributed by atoms with E-state index in [1.165, 1.54) is 12.1 Å². The van der Waals surface area contributed by atoms with Crippen molar-refractivity contribution in [2.24, 2.45) is 0 Å². The maximum absolute atomic E-state index is 15.1. The molecule has 1 heterocycles. The van der Waals surface area contributed by atoms with Crippen LogP contribution in [0.5, 0.6) is 5.75 Å². The largest absolute Gasteiger partial charge is 0.480 e. The minimum Gasteiger partial charge on any atom is -0.480 e. The molecule has 1 aliphatic heterocycles. The first-order chi connectivity index (χ1) is 10.8. The second-order valence-corrected chi connectivity index (χ2v) is 6.22. The van der Waals surface area contributed by atoms with E-state index < -0.39 is 5.60 Å². The van der Waals surface area contributed by atoms with Gasteiger partial charge in [-0.2, -0.15) is 0 Å². The van der Waals surface area contributed by atoms with E-state index in [-0.39, 0.29) is 11.6 Å². The zero-order chi connectivity index (χ0) is 16.8. The lowest BCUT2D eigenvalue weighted by Gasteiger charge is -2.34. The van der Waals surface area contributed by atoms with E-state index in [4.69, 9.17) is 4.74 Å². The molecule has 0 spiro atoms. The molecular weight excluding hydrogens is 296 g/mol. The summed E-state index contributed by atoms with van der Waals surface area (Å²) in [5.41, 5.74) is 2.55. The van der Waals surface area contributed by atoms with E-state index >= 15 is 4.39 Å². The molecule has 0 aromatic heterocycles. The summed E-state index contributed by atoms with van der Waals surface area (Å²) < 4.78 is 34.2. The minimum atomic E-state index is -1.07. The normalized spacial score (nSPS) is 15.9. The third kappa shape index (κ3) is 2.58. The fourth-order valence-electron chi connectivity index (χ4n) is 2.92. The van der Waals surface area contributed by atoms with Gasteiger partial charge in [0, 0.05) is 29.9 Å². The summed E-state index contributed by atoms with van der Waals surface area (Å²) in [4.78, 5) is 0. The number of hydrogen-bond acceptors (Lipinski definition) is 2. The first-order valence-corrected chi connectivity index (χ1v) is 7.51. The van der Waals surface area contributed by atoms with Gasteiger partial charge in [-0.15, -0.1) is 0 Å². The molecule has 2 nitrogen and oxygen atoms in total. The fourth-order valence-corrected chi connectivity index (χ4v) is 2.92. The van der Waals surface area contributed by atoms with Gasteiger partial charge in [-0.05, 0) is 50.1 Å². The highest BCUT2D eigenvalue weighted by Crippen LogP contribution is 2.46. The molecule has 0 unspecified atom stereocenters. The van der Waals surface area contributed by atoms with E-state index in [2.05, 4.69) is 5.32 Å². The van der Waals surface area contributed by atoms with Gasteiger partial charge in [-0.25, -0.2) is 8.78 Å². The topological polar surface area (TPSA) is 21.3 Å². The average molecular weight is 315 g/mol. The van der Waals surface area contributed by atoms with Gasteiger partial charge >= 0.3 is 0 Å². The Morgan fingerprint density at radius 1 is 1.04 bits per heavy atom. The lowest BCUT2D eigenvalue weighted by Crippen LogP contribution is -2.33. The van der Waals surface area contributed by atoms with Crippen LogP contribution < -0.4 is 10.1 Å². The monoisotopic (exact) mass is 315 g/mol. The zero-order valence-electron chi connectivity index (χ0n) is 13.6. The third-order valence-corrected chi connectivity index (χ3v) is 4.08. The molecule has 1 N–H and O–H groups in total. The molecule has 0 saturated carbocycles. The Balaban J connectivity index is 2.30. The van der Waals surface area contributed by atoms with Gasteiger partial charge in [0.25, 0.3) is 0 Å². The van der Waals surface area contributed by atoms with Gasteiger partial charge in [0.05, 0.1) is 0 Å². The summed E-state index contributed by atoms with van der Waals surface area (Å²) in [6.45, 7) is 5.30. The van der Waals surface area contributed by atoms with Crippen LogP contribution in [-0.2, 0) is 0 Å². The fraction of sp³-hybridized carbons (Fsp3) is 0.263. The smallest absolute Gasteiger partial charge is 0.155 e. The molecule has 3 rings (SSSR count). The highest BCUT2D eigenvalue weighted by Gasteiger charge is 2.37. The van der Waals surface area contributed by atoms with Crippen molar-refractivity contribution in [1.82, 2.24) is 0 Å². The van der Waals surface area contributed by atoms with E-state index in [1.54, 1.807) is 26.0 Å². The molecule has 0 atom stereocenters. The molecule has 0 saturated heterocycles. The van der Waals surface area contributed by atoms with Crippen molar-refractivity contribution >= 4 is 11.3 Å². The van der Waals surface area contributed by atoms with Gasteiger partial charge < -0.3 is 10.1 Å². The first-order valence-electron chi connectivity index (χ1n) is 7.51. The predicted molar refractivity (Wildman–Crippen MR) is 89.0 cm³/mol. The van der Waals surface area contributed by atoms with Gasteiger partial charge in [0.15, 0.2) is 11.4 Å². The number of nitrogens with one attached hydrogen (secondary N) is 1. The molecule has 2 aromatic carbocycles. The summed E-state index contributed by atoms with van der Waals surface area (Å²) in [7, 11) is 1.83. The van der Waals surface area contributed by atoms with Crippen molar-refractivity contribution in [3.63, 3.8) is 0 Å². The highest BCUT2D eigenvalue weighted by atomic mass is 19.1. The molecule has 1 aliphatic rings. The second-order valence-electron chi connectivity index (χ2n) is 6.22. The molecule has 0 fully saturated rings. The van der Waals surface area contributed by atoms with Crippen LogP contribution in [0.15, 0.2) is 42.2 Å². The molecule has 2 aromatic rings. The van der Waals surface area contributed by atoms with E-state index in [0.717, 1.165) is 11.3 Å². The van der Waals surface area contributed by atoms with Crippen LogP contribution in [0.2, 0.25) is 0 Å².